The predicted octanol–water partition coefficient (Wildman–Crippen LogP) is 1.36. The van der Waals surface area contributed by atoms with Crippen molar-refractivity contribution in [3.8, 4) is 0 Å². The Morgan fingerprint density at radius 2 is 1.93 bits per heavy atom. The molecule has 1 atom stereocenters. The third-order valence-electron chi connectivity index (χ3n) is 4.89. The molecule has 1 aliphatic heterocycles. The zero-order valence-corrected chi connectivity index (χ0v) is 18.3. The molecule has 11 heteroatoms. The molecule has 1 unspecified atom stereocenters. The molecule has 0 radical (unpaired) electrons. The summed E-state index contributed by atoms with van der Waals surface area (Å²) in [5.41, 5.74) is 1.48. The lowest BCUT2D eigenvalue weighted by atomic mass is 10.1. The highest BCUT2D eigenvalue weighted by Gasteiger charge is 2.31. The van der Waals surface area contributed by atoms with Crippen molar-refractivity contribution in [3.05, 3.63) is 41.1 Å². The summed E-state index contributed by atoms with van der Waals surface area (Å²) in [5, 5.41) is 7.10. The predicted molar refractivity (Wildman–Crippen MR) is 109 cm³/mol. The molecule has 29 heavy (non-hydrogen) atoms. The average Bonchev–Trinajstić information content (AvgIpc) is 3.16. The quantitative estimate of drug-likeness (QED) is 0.750. The molecule has 2 aromatic rings. The van der Waals surface area contributed by atoms with E-state index in [-0.39, 0.29) is 28.0 Å². The van der Waals surface area contributed by atoms with Crippen LogP contribution < -0.4 is 5.32 Å². The minimum absolute atomic E-state index is 0.0184. The molecule has 1 saturated heterocycles. The van der Waals surface area contributed by atoms with Crippen molar-refractivity contribution in [3.63, 3.8) is 0 Å². The van der Waals surface area contributed by atoms with Crippen molar-refractivity contribution in [2.24, 2.45) is 0 Å². The Bertz CT molecular complexity index is 1170. The van der Waals surface area contributed by atoms with E-state index in [1.54, 1.807) is 26.0 Å². The van der Waals surface area contributed by atoms with Crippen LogP contribution in [0.4, 0.5) is 5.82 Å². The van der Waals surface area contributed by atoms with Crippen LogP contribution in [0.1, 0.15) is 34.1 Å². The maximum absolute atomic E-state index is 12.9. The first-order valence-corrected chi connectivity index (χ1v) is 12.3. The smallest absolute Gasteiger partial charge is 0.257 e. The maximum atomic E-state index is 12.9. The highest BCUT2D eigenvalue weighted by molar-refractivity contribution is 7.91. The van der Waals surface area contributed by atoms with Crippen LogP contribution in [0.15, 0.2) is 29.2 Å². The third-order valence-corrected chi connectivity index (χ3v) is 8.45. The Morgan fingerprint density at radius 3 is 2.52 bits per heavy atom. The number of aryl methyl sites for hydroxylation is 2. The van der Waals surface area contributed by atoms with Crippen LogP contribution in [0.5, 0.6) is 0 Å². The second kappa shape index (κ2) is 7.54. The SMILES string of the molecule is Cc1cc(NC(=O)c2cc(S(=O)(=O)N(C)C)ccc2C)n(C2CCS(=O)(=O)C2)n1. The Morgan fingerprint density at radius 1 is 1.24 bits per heavy atom. The van der Waals surface area contributed by atoms with Crippen molar-refractivity contribution in [1.29, 1.82) is 0 Å². The standard InChI is InChI=1S/C18H24N4O5S2/c1-12-5-6-15(29(26,27)21(3)4)10-16(12)18(23)19-17-9-13(2)20-22(17)14-7-8-28(24,25)11-14/h5-6,9-10,14H,7-8,11H2,1-4H3,(H,19,23). The van der Waals surface area contributed by atoms with Gasteiger partial charge in [0.05, 0.1) is 28.1 Å². The fraction of sp³-hybridized carbons (Fsp3) is 0.444. The average molecular weight is 441 g/mol. The number of anilines is 1. The summed E-state index contributed by atoms with van der Waals surface area (Å²) in [5.74, 6) is -0.0322. The second-order valence-corrected chi connectivity index (χ2v) is 11.8. The molecule has 1 amide bonds. The maximum Gasteiger partial charge on any atom is 0.257 e. The minimum atomic E-state index is -3.68. The summed E-state index contributed by atoms with van der Waals surface area (Å²) in [6.45, 7) is 3.47. The van der Waals surface area contributed by atoms with Crippen LogP contribution in [-0.2, 0) is 19.9 Å². The molecule has 1 N–H and O–H groups in total. The Hall–Kier alpha value is -2.24. The van der Waals surface area contributed by atoms with E-state index < -0.39 is 25.8 Å². The molecule has 3 rings (SSSR count). The van der Waals surface area contributed by atoms with Crippen LogP contribution >= 0.6 is 0 Å². The minimum Gasteiger partial charge on any atom is -0.307 e. The topological polar surface area (TPSA) is 118 Å². The lowest BCUT2D eigenvalue weighted by Crippen LogP contribution is -2.23. The van der Waals surface area contributed by atoms with Crippen molar-refractivity contribution in [2.45, 2.75) is 31.2 Å². The number of hydrogen-bond donors (Lipinski definition) is 1. The molecule has 158 valence electrons. The fourth-order valence-electron chi connectivity index (χ4n) is 3.26. The van der Waals surface area contributed by atoms with E-state index in [1.165, 1.54) is 30.9 Å². The number of nitrogens with one attached hydrogen (secondary N) is 1. The summed E-state index contributed by atoms with van der Waals surface area (Å²) < 4.78 is 51.0. The van der Waals surface area contributed by atoms with Gasteiger partial charge in [-0.2, -0.15) is 5.10 Å². The fourth-order valence-corrected chi connectivity index (χ4v) is 5.88. The van der Waals surface area contributed by atoms with Gasteiger partial charge >= 0.3 is 0 Å². The first-order valence-electron chi connectivity index (χ1n) is 9.02. The number of nitrogens with zero attached hydrogens (tertiary/aromatic N) is 3. The Labute approximate surface area is 170 Å². The number of benzene rings is 1. The number of sulfone groups is 1. The summed E-state index contributed by atoms with van der Waals surface area (Å²) in [4.78, 5) is 12.9. The van der Waals surface area contributed by atoms with Gasteiger partial charge in [-0.05, 0) is 38.0 Å². The zero-order chi connectivity index (χ0) is 21.6. The van der Waals surface area contributed by atoms with Crippen LogP contribution in [0.2, 0.25) is 0 Å². The first-order chi connectivity index (χ1) is 13.4. The Kier molecular flexibility index (Phi) is 5.58. The molecule has 1 aromatic heterocycles. The second-order valence-electron chi connectivity index (χ2n) is 7.39. The van der Waals surface area contributed by atoms with E-state index in [9.17, 15) is 21.6 Å². The van der Waals surface area contributed by atoms with E-state index in [4.69, 9.17) is 0 Å². The third kappa shape index (κ3) is 4.36. The van der Waals surface area contributed by atoms with Gasteiger partial charge < -0.3 is 5.32 Å². The van der Waals surface area contributed by atoms with Crippen molar-refractivity contribution in [2.75, 3.05) is 30.9 Å². The normalized spacial score (nSPS) is 18.9. The van der Waals surface area contributed by atoms with E-state index in [1.807, 2.05) is 0 Å². The number of sulfonamides is 1. The molecule has 0 aliphatic carbocycles. The molecular formula is C18H24N4O5S2. The lowest BCUT2D eigenvalue weighted by Gasteiger charge is -2.16. The first kappa shape index (κ1) is 21.5. The molecule has 1 aromatic carbocycles. The number of rotatable bonds is 5. The van der Waals surface area contributed by atoms with E-state index in [0.29, 0.717) is 23.5 Å². The Balaban J connectivity index is 1.92. The molecule has 9 nitrogen and oxygen atoms in total. The van der Waals surface area contributed by atoms with Gasteiger partial charge in [-0.15, -0.1) is 0 Å². The van der Waals surface area contributed by atoms with Crippen LogP contribution in [0.3, 0.4) is 0 Å². The lowest BCUT2D eigenvalue weighted by molar-refractivity contribution is 0.102. The van der Waals surface area contributed by atoms with Crippen molar-refractivity contribution >= 4 is 31.6 Å². The molecule has 0 spiro atoms. The number of carbonyl (C=O) groups is 1. The number of carbonyl (C=O) groups excluding carboxylic acids is 1. The van der Waals surface area contributed by atoms with Gasteiger partial charge in [0, 0.05) is 25.7 Å². The van der Waals surface area contributed by atoms with Gasteiger partial charge in [-0.25, -0.2) is 25.8 Å². The molecule has 2 heterocycles. The largest absolute Gasteiger partial charge is 0.307 e. The van der Waals surface area contributed by atoms with E-state index in [0.717, 1.165) is 4.31 Å². The van der Waals surface area contributed by atoms with E-state index in [2.05, 4.69) is 10.4 Å². The van der Waals surface area contributed by atoms with Gasteiger partial charge in [0.15, 0.2) is 9.84 Å². The monoisotopic (exact) mass is 440 g/mol. The molecule has 0 saturated carbocycles. The summed E-state index contributed by atoms with van der Waals surface area (Å²) in [7, 11) is -3.95. The summed E-state index contributed by atoms with van der Waals surface area (Å²) >= 11 is 0. The highest BCUT2D eigenvalue weighted by Crippen LogP contribution is 2.28. The van der Waals surface area contributed by atoms with Crippen LogP contribution in [0, 0.1) is 13.8 Å². The van der Waals surface area contributed by atoms with Crippen LogP contribution in [-0.4, -0.2) is 62.4 Å². The van der Waals surface area contributed by atoms with Crippen molar-refractivity contribution < 1.29 is 21.6 Å². The van der Waals surface area contributed by atoms with Gasteiger partial charge in [0.1, 0.15) is 5.82 Å². The molecule has 1 fully saturated rings. The number of amides is 1. The molecular weight excluding hydrogens is 416 g/mol. The van der Waals surface area contributed by atoms with Gasteiger partial charge in [-0.1, -0.05) is 6.07 Å². The highest BCUT2D eigenvalue weighted by atomic mass is 32.2. The van der Waals surface area contributed by atoms with Gasteiger partial charge in [0.25, 0.3) is 5.91 Å². The van der Waals surface area contributed by atoms with Crippen molar-refractivity contribution in [1.82, 2.24) is 14.1 Å². The van der Waals surface area contributed by atoms with Crippen LogP contribution in [0.25, 0.3) is 0 Å². The van der Waals surface area contributed by atoms with E-state index >= 15 is 0 Å². The summed E-state index contributed by atoms with van der Waals surface area (Å²) in [6, 6.07) is 5.70. The number of hydrogen-bond acceptors (Lipinski definition) is 6. The zero-order valence-electron chi connectivity index (χ0n) is 16.7. The molecule has 0 bridgehead atoms. The van der Waals surface area contributed by atoms with Gasteiger partial charge in [0.2, 0.25) is 10.0 Å². The summed E-state index contributed by atoms with van der Waals surface area (Å²) in [6.07, 6.45) is 0.432. The number of aromatic nitrogens is 2. The molecule has 1 aliphatic rings. The van der Waals surface area contributed by atoms with Gasteiger partial charge in [-0.3, -0.25) is 4.79 Å².